The van der Waals surface area contributed by atoms with Crippen LogP contribution in [0.15, 0.2) is 18.2 Å². The lowest BCUT2D eigenvalue weighted by Crippen LogP contribution is -2.18. The molecule has 0 radical (unpaired) electrons. The monoisotopic (exact) mass is 231 g/mol. The summed E-state index contributed by atoms with van der Waals surface area (Å²) in [6.45, 7) is 6.18. The van der Waals surface area contributed by atoms with Crippen LogP contribution in [-0.4, -0.2) is 6.54 Å². The second-order valence-electron chi connectivity index (χ2n) is 3.80. The highest BCUT2D eigenvalue weighted by Gasteiger charge is 1.98. The van der Waals surface area contributed by atoms with E-state index in [0.717, 1.165) is 18.7 Å². The molecular formula is C11H15Cl2N. The summed E-state index contributed by atoms with van der Waals surface area (Å²) in [4.78, 5) is 0. The van der Waals surface area contributed by atoms with E-state index in [2.05, 4.69) is 19.2 Å². The first-order chi connectivity index (χ1) is 6.58. The first kappa shape index (κ1) is 11.8. The Balaban J connectivity index is 2.50. The minimum absolute atomic E-state index is 0.657. The highest BCUT2D eigenvalue weighted by molar-refractivity contribution is 6.34. The van der Waals surface area contributed by atoms with E-state index in [-0.39, 0.29) is 0 Å². The van der Waals surface area contributed by atoms with Gasteiger partial charge in [-0.3, -0.25) is 0 Å². The maximum absolute atomic E-state index is 5.88. The smallest absolute Gasteiger partial charge is 0.0424 e. The molecule has 3 heteroatoms. The summed E-state index contributed by atoms with van der Waals surface area (Å²) in [6, 6.07) is 5.61. The first-order valence-electron chi connectivity index (χ1n) is 4.73. The van der Waals surface area contributed by atoms with Crippen LogP contribution in [0.25, 0.3) is 0 Å². The van der Waals surface area contributed by atoms with Crippen LogP contribution in [0, 0.1) is 5.92 Å². The lowest BCUT2D eigenvalue weighted by atomic mass is 10.2. The van der Waals surface area contributed by atoms with E-state index in [0.29, 0.717) is 16.0 Å². The SMILES string of the molecule is CC(C)CNCc1cc(Cl)cc(Cl)c1. The number of hydrogen-bond donors (Lipinski definition) is 1. The van der Waals surface area contributed by atoms with Gasteiger partial charge in [0.05, 0.1) is 0 Å². The molecule has 0 saturated heterocycles. The summed E-state index contributed by atoms with van der Waals surface area (Å²) in [5, 5.41) is 4.73. The van der Waals surface area contributed by atoms with E-state index in [9.17, 15) is 0 Å². The van der Waals surface area contributed by atoms with Crippen LogP contribution >= 0.6 is 23.2 Å². The highest BCUT2D eigenvalue weighted by Crippen LogP contribution is 2.18. The van der Waals surface area contributed by atoms with Crippen LogP contribution in [0.3, 0.4) is 0 Å². The Morgan fingerprint density at radius 2 is 1.71 bits per heavy atom. The molecule has 1 nitrogen and oxygen atoms in total. The molecule has 14 heavy (non-hydrogen) atoms. The molecule has 0 aromatic heterocycles. The molecule has 0 atom stereocenters. The fourth-order valence-electron chi connectivity index (χ4n) is 1.22. The zero-order chi connectivity index (χ0) is 10.6. The average Bonchev–Trinajstić information content (AvgIpc) is 2.01. The van der Waals surface area contributed by atoms with Crippen molar-refractivity contribution in [1.82, 2.24) is 5.32 Å². The first-order valence-corrected chi connectivity index (χ1v) is 5.49. The minimum atomic E-state index is 0.657. The van der Waals surface area contributed by atoms with Gasteiger partial charge >= 0.3 is 0 Å². The molecule has 1 aromatic rings. The Hall–Kier alpha value is -0.240. The lowest BCUT2D eigenvalue weighted by molar-refractivity contribution is 0.552. The fraction of sp³-hybridized carbons (Fsp3) is 0.455. The van der Waals surface area contributed by atoms with E-state index in [1.165, 1.54) is 0 Å². The molecule has 1 aromatic carbocycles. The molecule has 1 rings (SSSR count). The maximum Gasteiger partial charge on any atom is 0.0424 e. The van der Waals surface area contributed by atoms with Crippen LogP contribution < -0.4 is 5.32 Å². The predicted molar refractivity (Wildman–Crippen MR) is 63.0 cm³/mol. The van der Waals surface area contributed by atoms with Gasteiger partial charge in [0.2, 0.25) is 0 Å². The summed E-state index contributed by atoms with van der Waals surface area (Å²) in [5.41, 5.74) is 1.13. The van der Waals surface area contributed by atoms with E-state index in [4.69, 9.17) is 23.2 Å². The quantitative estimate of drug-likeness (QED) is 0.833. The molecule has 0 unspecified atom stereocenters. The zero-order valence-corrected chi connectivity index (χ0v) is 9.99. The summed E-state index contributed by atoms with van der Waals surface area (Å²) in [5.74, 6) is 0.657. The molecule has 78 valence electrons. The van der Waals surface area contributed by atoms with Gasteiger partial charge in [0.1, 0.15) is 0 Å². The van der Waals surface area contributed by atoms with Crippen molar-refractivity contribution in [2.75, 3.05) is 6.54 Å². The Kier molecular flexibility index (Phi) is 4.73. The van der Waals surface area contributed by atoms with Crippen LogP contribution in [0.5, 0.6) is 0 Å². The molecule has 0 aliphatic heterocycles. The molecule has 1 N–H and O–H groups in total. The Labute approximate surface area is 95.4 Å². The number of rotatable bonds is 4. The largest absolute Gasteiger partial charge is 0.312 e. The summed E-state index contributed by atoms with van der Waals surface area (Å²) in [6.07, 6.45) is 0. The molecule has 0 bridgehead atoms. The lowest BCUT2D eigenvalue weighted by Gasteiger charge is -2.07. The molecule has 0 aliphatic rings. The molecule has 0 saturated carbocycles. The van der Waals surface area contributed by atoms with E-state index >= 15 is 0 Å². The van der Waals surface area contributed by atoms with Gasteiger partial charge < -0.3 is 5.32 Å². The number of nitrogens with one attached hydrogen (secondary N) is 1. The van der Waals surface area contributed by atoms with Gasteiger partial charge in [-0.05, 0) is 36.2 Å². The fourth-order valence-corrected chi connectivity index (χ4v) is 1.79. The van der Waals surface area contributed by atoms with Gasteiger partial charge in [0.15, 0.2) is 0 Å². The van der Waals surface area contributed by atoms with Crippen molar-refractivity contribution >= 4 is 23.2 Å². The van der Waals surface area contributed by atoms with E-state index in [1.54, 1.807) is 6.07 Å². The van der Waals surface area contributed by atoms with E-state index in [1.807, 2.05) is 12.1 Å². The summed E-state index contributed by atoms with van der Waals surface area (Å²) >= 11 is 11.8. The Morgan fingerprint density at radius 1 is 1.14 bits per heavy atom. The third-order valence-electron chi connectivity index (χ3n) is 1.80. The van der Waals surface area contributed by atoms with Crippen molar-refractivity contribution in [1.29, 1.82) is 0 Å². The molecule has 0 aliphatic carbocycles. The van der Waals surface area contributed by atoms with Crippen molar-refractivity contribution in [2.24, 2.45) is 5.92 Å². The third-order valence-corrected chi connectivity index (χ3v) is 2.24. The van der Waals surface area contributed by atoms with Crippen molar-refractivity contribution in [3.05, 3.63) is 33.8 Å². The van der Waals surface area contributed by atoms with Crippen LogP contribution in [0.1, 0.15) is 19.4 Å². The second kappa shape index (κ2) is 5.59. The van der Waals surface area contributed by atoms with E-state index < -0.39 is 0 Å². The average molecular weight is 232 g/mol. The highest BCUT2D eigenvalue weighted by atomic mass is 35.5. The van der Waals surface area contributed by atoms with Gasteiger partial charge in [0, 0.05) is 16.6 Å². The van der Waals surface area contributed by atoms with Gasteiger partial charge in [-0.2, -0.15) is 0 Å². The topological polar surface area (TPSA) is 12.0 Å². The number of halogens is 2. The van der Waals surface area contributed by atoms with Crippen molar-refractivity contribution in [2.45, 2.75) is 20.4 Å². The number of hydrogen-bond acceptors (Lipinski definition) is 1. The summed E-state index contributed by atoms with van der Waals surface area (Å²) < 4.78 is 0. The Morgan fingerprint density at radius 3 is 2.21 bits per heavy atom. The van der Waals surface area contributed by atoms with Gasteiger partial charge in [0.25, 0.3) is 0 Å². The van der Waals surface area contributed by atoms with Crippen LogP contribution in [0.2, 0.25) is 10.0 Å². The maximum atomic E-state index is 5.88. The standard InChI is InChI=1S/C11H15Cl2N/c1-8(2)6-14-7-9-3-10(12)5-11(13)4-9/h3-5,8,14H,6-7H2,1-2H3. The second-order valence-corrected chi connectivity index (χ2v) is 4.68. The van der Waals surface area contributed by atoms with Crippen molar-refractivity contribution in [3.63, 3.8) is 0 Å². The van der Waals surface area contributed by atoms with Crippen LogP contribution in [0.4, 0.5) is 0 Å². The molecule has 0 fully saturated rings. The molecule has 0 heterocycles. The summed E-state index contributed by atoms with van der Waals surface area (Å²) in [7, 11) is 0. The number of benzene rings is 1. The van der Waals surface area contributed by atoms with Gasteiger partial charge in [-0.15, -0.1) is 0 Å². The van der Waals surface area contributed by atoms with Gasteiger partial charge in [-0.1, -0.05) is 37.0 Å². The molecule has 0 amide bonds. The third kappa shape index (κ3) is 4.32. The van der Waals surface area contributed by atoms with Crippen molar-refractivity contribution < 1.29 is 0 Å². The molecule has 0 spiro atoms. The molecular weight excluding hydrogens is 217 g/mol. The zero-order valence-electron chi connectivity index (χ0n) is 8.48. The Bertz CT molecular complexity index is 277. The van der Waals surface area contributed by atoms with Gasteiger partial charge in [-0.25, -0.2) is 0 Å². The normalized spacial score (nSPS) is 10.9. The predicted octanol–water partition coefficient (Wildman–Crippen LogP) is 3.74. The van der Waals surface area contributed by atoms with Crippen molar-refractivity contribution in [3.8, 4) is 0 Å². The minimum Gasteiger partial charge on any atom is -0.312 e. The van der Waals surface area contributed by atoms with Crippen LogP contribution in [-0.2, 0) is 6.54 Å².